The van der Waals surface area contributed by atoms with Crippen LogP contribution in [0.1, 0.15) is 41.1 Å². The second-order valence-electron chi connectivity index (χ2n) is 9.71. The van der Waals surface area contributed by atoms with E-state index in [-0.39, 0.29) is 12.5 Å². The molecule has 0 spiro atoms. The summed E-state index contributed by atoms with van der Waals surface area (Å²) in [4.78, 5) is 27.9. The fourth-order valence-corrected chi connectivity index (χ4v) is 6.12. The monoisotopic (exact) mass is 543 g/mol. The fraction of sp³-hybridized carbons (Fsp3) is 0.370. The van der Waals surface area contributed by atoms with Crippen molar-refractivity contribution in [3.05, 3.63) is 69.7 Å². The summed E-state index contributed by atoms with van der Waals surface area (Å²) in [7, 11) is 0. The number of piperazine rings is 1. The zero-order chi connectivity index (χ0) is 27.2. The van der Waals surface area contributed by atoms with Crippen molar-refractivity contribution in [3.8, 4) is 0 Å². The molecule has 5 rings (SSSR count). The lowest BCUT2D eigenvalue weighted by molar-refractivity contribution is -0.138. The summed E-state index contributed by atoms with van der Waals surface area (Å²) in [5, 5.41) is 11.6. The first-order chi connectivity index (χ1) is 18.0. The summed E-state index contributed by atoms with van der Waals surface area (Å²) in [6.45, 7) is 7.57. The molecule has 2 atom stereocenters. The quantitative estimate of drug-likeness (QED) is 0.434. The highest BCUT2D eigenvalue weighted by Gasteiger charge is 2.40. The first-order valence-electron chi connectivity index (χ1n) is 12.3. The number of benzene rings is 1. The highest BCUT2D eigenvalue weighted by molar-refractivity contribution is 7.10. The Morgan fingerprint density at radius 3 is 2.63 bits per heavy atom. The number of aromatic nitrogens is 1. The number of hydrogen-bond acceptors (Lipinski definition) is 7. The van der Waals surface area contributed by atoms with E-state index >= 15 is 0 Å². The average Bonchev–Trinajstić information content (AvgIpc) is 3.32. The van der Waals surface area contributed by atoms with E-state index in [1.54, 1.807) is 18.0 Å². The number of halogens is 3. The molecule has 0 amide bonds. The molecule has 2 aromatic heterocycles. The number of anilines is 2. The number of carboxylic acids is 1. The van der Waals surface area contributed by atoms with Gasteiger partial charge in [0.1, 0.15) is 0 Å². The third-order valence-electron chi connectivity index (χ3n) is 7.01. The van der Waals surface area contributed by atoms with Crippen LogP contribution in [0.2, 0.25) is 0 Å². The molecule has 4 heterocycles. The molecule has 38 heavy (non-hydrogen) atoms. The highest BCUT2D eigenvalue weighted by Crippen LogP contribution is 2.45. The van der Waals surface area contributed by atoms with Gasteiger partial charge in [-0.05, 0) is 62.0 Å². The molecule has 2 aliphatic rings. The van der Waals surface area contributed by atoms with Crippen molar-refractivity contribution in [2.75, 3.05) is 29.4 Å². The van der Waals surface area contributed by atoms with E-state index in [2.05, 4.69) is 21.7 Å². The van der Waals surface area contributed by atoms with Crippen molar-refractivity contribution in [1.82, 2.24) is 9.88 Å². The van der Waals surface area contributed by atoms with Crippen LogP contribution in [0.25, 0.3) is 0 Å². The van der Waals surface area contributed by atoms with Crippen LogP contribution in [0.5, 0.6) is 0 Å². The van der Waals surface area contributed by atoms with E-state index in [4.69, 9.17) is 4.99 Å². The van der Waals surface area contributed by atoms with Crippen molar-refractivity contribution in [1.29, 1.82) is 0 Å². The molecule has 0 unspecified atom stereocenters. The number of aliphatic imine (C=N–C) groups is 1. The maximum atomic E-state index is 13.7. The summed E-state index contributed by atoms with van der Waals surface area (Å²) >= 11 is 1.37. The molecular formula is C27H28F3N5O2S. The largest absolute Gasteiger partial charge is 0.481 e. The lowest BCUT2D eigenvalue weighted by Gasteiger charge is -2.47. The van der Waals surface area contributed by atoms with Gasteiger partial charge < -0.3 is 19.8 Å². The molecule has 1 saturated heterocycles. The molecule has 11 heteroatoms. The number of thiophene rings is 1. The first kappa shape index (κ1) is 26.0. The topological polar surface area (TPSA) is 72.3 Å². The van der Waals surface area contributed by atoms with Crippen molar-refractivity contribution in [2.45, 2.75) is 45.5 Å². The molecule has 7 nitrogen and oxygen atoms in total. The SMILES string of the molecule is Cc1cc(N2CCN(C3=Nc4ccsc4[C@H](CC(=O)O)N3c3cc(C(F)(F)F)ccc3C)C[C@H]2C)ccn1. The summed E-state index contributed by atoms with van der Waals surface area (Å²) in [5.41, 5.74) is 2.78. The first-order valence-corrected chi connectivity index (χ1v) is 13.2. The second kappa shape index (κ2) is 9.94. The number of nitrogens with zero attached hydrogens (tertiary/aromatic N) is 5. The molecule has 0 bridgehead atoms. The van der Waals surface area contributed by atoms with Crippen molar-refractivity contribution >= 4 is 40.3 Å². The van der Waals surface area contributed by atoms with Gasteiger partial charge in [0.2, 0.25) is 5.96 Å². The molecule has 2 aliphatic heterocycles. The third kappa shape index (κ3) is 4.94. The Labute approximate surface area is 222 Å². The minimum absolute atomic E-state index is 0.0690. The number of aliphatic carboxylic acids is 1. The van der Waals surface area contributed by atoms with Crippen LogP contribution in [-0.4, -0.2) is 52.6 Å². The van der Waals surface area contributed by atoms with Crippen molar-refractivity contribution in [3.63, 3.8) is 0 Å². The summed E-state index contributed by atoms with van der Waals surface area (Å²) in [6, 6.07) is 8.82. The second-order valence-corrected chi connectivity index (χ2v) is 10.7. The van der Waals surface area contributed by atoms with E-state index in [1.165, 1.54) is 17.4 Å². The normalized spacial score (nSPS) is 19.8. The third-order valence-corrected chi connectivity index (χ3v) is 8.02. The molecule has 1 aromatic carbocycles. The Bertz CT molecular complexity index is 1390. The lowest BCUT2D eigenvalue weighted by atomic mass is 10.0. The van der Waals surface area contributed by atoms with Gasteiger partial charge in [-0.25, -0.2) is 4.99 Å². The molecule has 3 aromatic rings. The van der Waals surface area contributed by atoms with Gasteiger partial charge in [0.05, 0.1) is 28.6 Å². The number of carboxylic acid groups (broad SMARTS) is 1. The lowest BCUT2D eigenvalue weighted by Crippen LogP contribution is -2.58. The van der Waals surface area contributed by atoms with E-state index < -0.39 is 23.8 Å². The Hall–Kier alpha value is -3.60. The molecular weight excluding hydrogens is 515 g/mol. The Morgan fingerprint density at radius 1 is 1.16 bits per heavy atom. The smallest absolute Gasteiger partial charge is 0.416 e. The van der Waals surface area contributed by atoms with Gasteiger partial charge in [-0.1, -0.05) is 6.07 Å². The Morgan fingerprint density at radius 2 is 1.95 bits per heavy atom. The number of carbonyl (C=O) groups is 1. The molecule has 1 N–H and O–H groups in total. The zero-order valence-electron chi connectivity index (χ0n) is 21.2. The van der Waals surface area contributed by atoms with Gasteiger partial charge in [-0.15, -0.1) is 11.3 Å². The van der Waals surface area contributed by atoms with Gasteiger partial charge in [0.15, 0.2) is 0 Å². The number of rotatable bonds is 4. The maximum absolute atomic E-state index is 13.7. The van der Waals surface area contributed by atoms with Crippen LogP contribution in [0.4, 0.5) is 30.2 Å². The van der Waals surface area contributed by atoms with Crippen LogP contribution in [0.3, 0.4) is 0 Å². The molecule has 0 aliphatic carbocycles. The average molecular weight is 544 g/mol. The predicted octanol–water partition coefficient (Wildman–Crippen LogP) is 6.01. The predicted molar refractivity (Wildman–Crippen MR) is 142 cm³/mol. The zero-order valence-corrected chi connectivity index (χ0v) is 22.1. The van der Waals surface area contributed by atoms with E-state index in [9.17, 15) is 23.1 Å². The Balaban J connectivity index is 1.57. The number of fused-ring (bicyclic) bond motifs is 1. The van der Waals surface area contributed by atoms with Gasteiger partial charge in [-0.3, -0.25) is 9.78 Å². The number of guanidine groups is 1. The summed E-state index contributed by atoms with van der Waals surface area (Å²) in [6.07, 6.45) is -3.02. The number of hydrogen-bond donors (Lipinski definition) is 1. The van der Waals surface area contributed by atoms with E-state index in [1.807, 2.05) is 30.5 Å². The van der Waals surface area contributed by atoms with Gasteiger partial charge in [0, 0.05) is 48.9 Å². The van der Waals surface area contributed by atoms with Gasteiger partial charge in [0.25, 0.3) is 0 Å². The van der Waals surface area contributed by atoms with Crippen molar-refractivity contribution < 1.29 is 23.1 Å². The number of alkyl halides is 3. The fourth-order valence-electron chi connectivity index (χ4n) is 5.20. The van der Waals surface area contributed by atoms with Gasteiger partial charge in [-0.2, -0.15) is 13.2 Å². The summed E-state index contributed by atoms with van der Waals surface area (Å²) < 4.78 is 41.2. The number of pyridine rings is 1. The minimum Gasteiger partial charge on any atom is -0.481 e. The van der Waals surface area contributed by atoms with E-state index in [0.717, 1.165) is 28.4 Å². The van der Waals surface area contributed by atoms with Gasteiger partial charge >= 0.3 is 12.1 Å². The van der Waals surface area contributed by atoms with E-state index in [0.29, 0.717) is 42.5 Å². The Kier molecular flexibility index (Phi) is 6.81. The van der Waals surface area contributed by atoms with Crippen LogP contribution < -0.4 is 9.80 Å². The maximum Gasteiger partial charge on any atom is 0.416 e. The molecule has 0 radical (unpaired) electrons. The number of aryl methyl sites for hydroxylation is 2. The molecule has 1 fully saturated rings. The molecule has 200 valence electrons. The highest BCUT2D eigenvalue weighted by atomic mass is 32.1. The molecule has 0 saturated carbocycles. The van der Waals surface area contributed by atoms with Crippen LogP contribution in [-0.2, 0) is 11.0 Å². The summed E-state index contributed by atoms with van der Waals surface area (Å²) in [5.74, 6) is -0.557. The van der Waals surface area contributed by atoms with Crippen LogP contribution >= 0.6 is 11.3 Å². The standard InChI is InChI=1S/C27H28F3N5O2S/c1-16-4-5-19(27(28,29)30)13-22(16)35-23(14-24(36)37)25-21(7-11-38-25)32-26(35)33-9-10-34(18(3)15-33)20-6-8-31-17(2)12-20/h4-8,11-13,18,23H,9-10,14-15H2,1-3H3,(H,36,37)/t18-,23+/m1/s1. The van der Waals surface area contributed by atoms with Crippen molar-refractivity contribution in [2.24, 2.45) is 4.99 Å². The van der Waals surface area contributed by atoms with Crippen LogP contribution in [0.15, 0.2) is 53.0 Å². The minimum atomic E-state index is -4.53. The van der Waals surface area contributed by atoms with Crippen LogP contribution in [0, 0.1) is 13.8 Å².